The molecule has 0 radical (unpaired) electrons. The second-order valence-electron chi connectivity index (χ2n) is 6.32. The fourth-order valence-corrected chi connectivity index (χ4v) is 2.95. The number of piperidine rings is 1. The molecule has 1 aliphatic heterocycles. The highest BCUT2D eigenvalue weighted by Crippen LogP contribution is 2.19. The SMILES string of the molecule is CCCCC(=O)N1CCC(C(=O)NCc2ccc(OC)cc2)CC1. The van der Waals surface area contributed by atoms with Crippen molar-refractivity contribution < 1.29 is 14.3 Å². The molecule has 1 fully saturated rings. The van der Waals surface area contributed by atoms with Crippen LogP contribution >= 0.6 is 0 Å². The number of likely N-dealkylation sites (tertiary alicyclic amines) is 1. The second-order valence-corrected chi connectivity index (χ2v) is 6.32. The van der Waals surface area contributed by atoms with Gasteiger partial charge < -0.3 is 15.0 Å². The zero-order chi connectivity index (χ0) is 17.4. The monoisotopic (exact) mass is 332 g/mol. The van der Waals surface area contributed by atoms with E-state index in [2.05, 4.69) is 12.2 Å². The van der Waals surface area contributed by atoms with Crippen LogP contribution in [0.4, 0.5) is 0 Å². The van der Waals surface area contributed by atoms with E-state index in [0.29, 0.717) is 26.1 Å². The third kappa shape index (κ3) is 5.25. The first-order valence-corrected chi connectivity index (χ1v) is 8.82. The maximum atomic E-state index is 12.3. The van der Waals surface area contributed by atoms with Gasteiger partial charge in [-0.15, -0.1) is 0 Å². The summed E-state index contributed by atoms with van der Waals surface area (Å²) in [5.41, 5.74) is 1.05. The van der Waals surface area contributed by atoms with Gasteiger partial charge in [0, 0.05) is 32.0 Å². The standard InChI is InChI=1S/C19H28N2O3/c1-3-4-5-18(22)21-12-10-16(11-13-21)19(23)20-14-15-6-8-17(24-2)9-7-15/h6-9,16H,3-5,10-14H2,1-2H3,(H,20,23). The van der Waals surface area contributed by atoms with Gasteiger partial charge in [-0.3, -0.25) is 9.59 Å². The van der Waals surface area contributed by atoms with Gasteiger partial charge >= 0.3 is 0 Å². The number of carbonyl (C=O) groups excluding carboxylic acids is 2. The van der Waals surface area contributed by atoms with Crippen molar-refractivity contribution in [1.29, 1.82) is 0 Å². The van der Waals surface area contributed by atoms with E-state index in [1.807, 2.05) is 29.2 Å². The molecule has 0 aliphatic carbocycles. The van der Waals surface area contributed by atoms with Gasteiger partial charge in [0.2, 0.25) is 11.8 Å². The average molecular weight is 332 g/mol. The lowest BCUT2D eigenvalue weighted by atomic mass is 9.95. The van der Waals surface area contributed by atoms with Crippen molar-refractivity contribution in [3.8, 4) is 5.75 Å². The van der Waals surface area contributed by atoms with Gasteiger partial charge in [-0.2, -0.15) is 0 Å². The molecule has 0 saturated carbocycles. The normalized spacial score (nSPS) is 15.2. The van der Waals surface area contributed by atoms with Crippen molar-refractivity contribution in [2.75, 3.05) is 20.2 Å². The molecular formula is C19H28N2O3. The first-order chi connectivity index (χ1) is 11.6. The number of hydrogen-bond acceptors (Lipinski definition) is 3. The summed E-state index contributed by atoms with van der Waals surface area (Å²) in [7, 11) is 1.64. The number of hydrogen-bond donors (Lipinski definition) is 1. The average Bonchev–Trinajstić information content (AvgIpc) is 2.64. The Kier molecular flexibility index (Phi) is 7.09. The first kappa shape index (κ1) is 18.3. The number of carbonyl (C=O) groups is 2. The highest BCUT2D eigenvalue weighted by atomic mass is 16.5. The van der Waals surface area contributed by atoms with Crippen LogP contribution in [0, 0.1) is 5.92 Å². The predicted molar refractivity (Wildman–Crippen MR) is 93.7 cm³/mol. The van der Waals surface area contributed by atoms with Crippen LogP contribution in [0.5, 0.6) is 5.75 Å². The molecule has 0 unspecified atom stereocenters. The molecule has 1 saturated heterocycles. The Morgan fingerprint density at radius 2 is 1.88 bits per heavy atom. The van der Waals surface area contributed by atoms with Gasteiger partial charge in [0.05, 0.1) is 7.11 Å². The molecule has 1 N–H and O–H groups in total. The van der Waals surface area contributed by atoms with Crippen molar-refractivity contribution in [3.05, 3.63) is 29.8 Å². The van der Waals surface area contributed by atoms with E-state index < -0.39 is 0 Å². The summed E-state index contributed by atoms with van der Waals surface area (Å²) in [6, 6.07) is 7.69. The highest BCUT2D eigenvalue weighted by molar-refractivity contribution is 5.80. The smallest absolute Gasteiger partial charge is 0.223 e. The summed E-state index contributed by atoms with van der Waals surface area (Å²) in [5.74, 6) is 1.14. The molecule has 1 aliphatic rings. The summed E-state index contributed by atoms with van der Waals surface area (Å²) in [4.78, 5) is 26.2. The molecule has 0 atom stereocenters. The Morgan fingerprint density at radius 3 is 2.46 bits per heavy atom. The van der Waals surface area contributed by atoms with E-state index in [-0.39, 0.29) is 17.7 Å². The van der Waals surface area contributed by atoms with Crippen molar-refractivity contribution >= 4 is 11.8 Å². The molecule has 1 aromatic carbocycles. The second kappa shape index (κ2) is 9.30. The Bertz CT molecular complexity index is 534. The minimum Gasteiger partial charge on any atom is -0.497 e. The maximum Gasteiger partial charge on any atom is 0.223 e. The highest BCUT2D eigenvalue weighted by Gasteiger charge is 2.26. The lowest BCUT2D eigenvalue weighted by molar-refractivity contribution is -0.135. The maximum absolute atomic E-state index is 12.3. The van der Waals surface area contributed by atoms with E-state index in [4.69, 9.17) is 4.74 Å². The number of amides is 2. The van der Waals surface area contributed by atoms with Gasteiger partial charge in [-0.1, -0.05) is 25.5 Å². The first-order valence-electron chi connectivity index (χ1n) is 8.82. The van der Waals surface area contributed by atoms with E-state index >= 15 is 0 Å². The van der Waals surface area contributed by atoms with E-state index in [1.54, 1.807) is 7.11 Å². The van der Waals surface area contributed by atoms with Crippen LogP contribution in [0.25, 0.3) is 0 Å². The molecule has 2 amide bonds. The zero-order valence-corrected chi connectivity index (χ0v) is 14.7. The molecule has 24 heavy (non-hydrogen) atoms. The van der Waals surface area contributed by atoms with Crippen molar-refractivity contribution in [2.24, 2.45) is 5.92 Å². The van der Waals surface area contributed by atoms with Crippen LogP contribution < -0.4 is 10.1 Å². The van der Waals surface area contributed by atoms with E-state index in [0.717, 1.165) is 37.0 Å². The van der Waals surface area contributed by atoms with Crippen molar-refractivity contribution in [3.63, 3.8) is 0 Å². The Hall–Kier alpha value is -2.04. The summed E-state index contributed by atoms with van der Waals surface area (Å²) in [5, 5.41) is 3.00. The lowest BCUT2D eigenvalue weighted by Gasteiger charge is -2.31. The third-order valence-corrected chi connectivity index (χ3v) is 4.59. The van der Waals surface area contributed by atoms with Gasteiger partial charge in [0.25, 0.3) is 0 Å². The minimum atomic E-state index is 0.0125. The van der Waals surface area contributed by atoms with Crippen LogP contribution in [0.15, 0.2) is 24.3 Å². The molecule has 0 bridgehead atoms. The van der Waals surface area contributed by atoms with E-state index in [1.165, 1.54) is 0 Å². The van der Waals surface area contributed by atoms with Crippen molar-refractivity contribution in [2.45, 2.75) is 45.6 Å². The topological polar surface area (TPSA) is 58.6 Å². The Balaban J connectivity index is 1.73. The van der Waals surface area contributed by atoms with E-state index in [9.17, 15) is 9.59 Å². The van der Waals surface area contributed by atoms with Crippen LogP contribution in [0.1, 0.15) is 44.6 Å². The number of unbranched alkanes of at least 4 members (excludes halogenated alkanes) is 1. The largest absolute Gasteiger partial charge is 0.497 e. The number of benzene rings is 1. The summed E-state index contributed by atoms with van der Waals surface area (Å²) in [6.45, 7) is 4.01. The Labute approximate surface area is 144 Å². The molecule has 1 heterocycles. The minimum absolute atomic E-state index is 0.0125. The number of methoxy groups -OCH3 is 1. The summed E-state index contributed by atoms with van der Waals surface area (Å²) < 4.78 is 5.12. The molecule has 0 spiro atoms. The molecule has 5 heteroatoms. The molecule has 1 aromatic rings. The van der Waals surface area contributed by atoms with Gasteiger partial charge in [-0.25, -0.2) is 0 Å². The fraction of sp³-hybridized carbons (Fsp3) is 0.579. The Morgan fingerprint density at radius 1 is 1.21 bits per heavy atom. The van der Waals surface area contributed by atoms with Gasteiger partial charge in [0.15, 0.2) is 0 Å². The van der Waals surface area contributed by atoms with Gasteiger partial charge in [-0.05, 0) is 37.0 Å². The molecule has 5 nitrogen and oxygen atoms in total. The summed E-state index contributed by atoms with van der Waals surface area (Å²) in [6.07, 6.45) is 4.13. The van der Waals surface area contributed by atoms with Crippen LogP contribution in [-0.2, 0) is 16.1 Å². The number of ether oxygens (including phenoxy) is 1. The predicted octanol–water partition coefficient (Wildman–Crippen LogP) is 2.74. The fourth-order valence-electron chi connectivity index (χ4n) is 2.95. The lowest BCUT2D eigenvalue weighted by Crippen LogP contribution is -2.42. The van der Waals surface area contributed by atoms with Crippen molar-refractivity contribution in [1.82, 2.24) is 10.2 Å². The molecule has 0 aromatic heterocycles. The molecule has 132 valence electrons. The van der Waals surface area contributed by atoms with Gasteiger partial charge in [0.1, 0.15) is 5.75 Å². The number of nitrogens with one attached hydrogen (secondary N) is 1. The summed E-state index contributed by atoms with van der Waals surface area (Å²) >= 11 is 0. The number of rotatable bonds is 7. The third-order valence-electron chi connectivity index (χ3n) is 4.59. The molecular weight excluding hydrogens is 304 g/mol. The quantitative estimate of drug-likeness (QED) is 0.835. The molecule has 2 rings (SSSR count). The van der Waals surface area contributed by atoms with Crippen LogP contribution in [0.3, 0.4) is 0 Å². The van der Waals surface area contributed by atoms with Crippen LogP contribution in [0.2, 0.25) is 0 Å². The van der Waals surface area contributed by atoms with Crippen LogP contribution in [-0.4, -0.2) is 36.9 Å². The zero-order valence-electron chi connectivity index (χ0n) is 14.7. The number of nitrogens with zero attached hydrogens (tertiary/aromatic N) is 1.